The lowest BCUT2D eigenvalue weighted by atomic mass is 10.2. The van der Waals surface area contributed by atoms with E-state index in [1.165, 1.54) is 6.07 Å². The van der Waals surface area contributed by atoms with E-state index in [0.717, 1.165) is 16.8 Å². The summed E-state index contributed by atoms with van der Waals surface area (Å²) < 4.78 is 1.78. The molecule has 0 atom stereocenters. The van der Waals surface area contributed by atoms with Crippen molar-refractivity contribution in [1.29, 1.82) is 0 Å². The van der Waals surface area contributed by atoms with Crippen LogP contribution >= 0.6 is 12.4 Å². The molecule has 0 radical (unpaired) electrons. The van der Waals surface area contributed by atoms with Gasteiger partial charge in [0.1, 0.15) is 11.5 Å². The molecule has 0 aliphatic carbocycles. The van der Waals surface area contributed by atoms with Crippen molar-refractivity contribution in [3.05, 3.63) is 41.2 Å². The third kappa shape index (κ3) is 3.87. The van der Waals surface area contributed by atoms with E-state index in [-0.39, 0.29) is 23.9 Å². The van der Waals surface area contributed by atoms with Gasteiger partial charge in [0.25, 0.3) is 0 Å². The maximum Gasteiger partial charge on any atom is 0.123 e. The molecule has 0 aliphatic heterocycles. The molecular weight excluding hydrogens is 266 g/mol. The molecule has 2 rings (SSSR count). The Labute approximate surface area is 118 Å². The molecule has 0 spiro atoms. The number of halogens is 1. The Morgan fingerprint density at radius 1 is 1.21 bits per heavy atom. The minimum Gasteiger partial charge on any atom is -0.508 e. The SMILES string of the molecule is Cc1nn(C)cc1CNCc1ccc(O)cc1O.Cl. The summed E-state index contributed by atoms with van der Waals surface area (Å²) in [5.41, 5.74) is 2.89. The molecule has 0 bridgehead atoms. The van der Waals surface area contributed by atoms with Crippen LogP contribution in [0.15, 0.2) is 24.4 Å². The van der Waals surface area contributed by atoms with E-state index in [0.29, 0.717) is 13.1 Å². The summed E-state index contributed by atoms with van der Waals surface area (Å²) in [5.74, 6) is 0.171. The maximum atomic E-state index is 9.63. The number of nitrogens with zero attached hydrogens (tertiary/aromatic N) is 2. The monoisotopic (exact) mass is 283 g/mol. The first-order valence-corrected chi connectivity index (χ1v) is 5.77. The molecular formula is C13H18ClN3O2. The first-order valence-electron chi connectivity index (χ1n) is 5.77. The van der Waals surface area contributed by atoms with Gasteiger partial charge in [0.05, 0.1) is 5.69 Å². The number of phenols is 2. The van der Waals surface area contributed by atoms with Crippen LogP contribution in [0.4, 0.5) is 0 Å². The molecule has 19 heavy (non-hydrogen) atoms. The Morgan fingerprint density at radius 2 is 1.89 bits per heavy atom. The largest absolute Gasteiger partial charge is 0.508 e. The molecule has 0 saturated heterocycles. The van der Waals surface area contributed by atoms with E-state index in [2.05, 4.69) is 10.4 Å². The fraction of sp³-hybridized carbons (Fsp3) is 0.308. The van der Waals surface area contributed by atoms with E-state index in [4.69, 9.17) is 0 Å². The van der Waals surface area contributed by atoms with Crippen molar-refractivity contribution in [3.63, 3.8) is 0 Å². The van der Waals surface area contributed by atoms with Gasteiger partial charge in [-0.1, -0.05) is 6.07 Å². The zero-order chi connectivity index (χ0) is 13.1. The highest BCUT2D eigenvalue weighted by molar-refractivity contribution is 5.85. The minimum absolute atomic E-state index is 0. The van der Waals surface area contributed by atoms with Crippen molar-refractivity contribution in [1.82, 2.24) is 15.1 Å². The first-order chi connectivity index (χ1) is 8.56. The number of phenolic OH excluding ortho intramolecular Hbond substituents is 2. The van der Waals surface area contributed by atoms with Crippen LogP contribution < -0.4 is 5.32 Å². The molecule has 1 aromatic carbocycles. The number of rotatable bonds is 4. The Morgan fingerprint density at radius 3 is 2.47 bits per heavy atom. The number of aryl methyl sites for hydroxylation is 2. The third-order valence-electron chi connectivity index (χ3n) is 2.81. The van der Waals surface area contributed by atoms with Gasteiger partial charge in [0.15, 0.2) is 0 Å². The first kappa shape index (κ1) is 15.3. The van der Waals surface area contributed by atoms with Gasteiger partial charge in [-0.2, -0.15) is 5.10 Å². The van der Waals surface area contributed by atoms with Crippen molar-refractivity contribution in [2.24, 2.45) is 7.05 Å². The standard InChI is InChI=1S/C13H17N3O2.ClH/c1-9-11(8-16(2)15-9)7-14-6-10-3-4-12(17)5-13(10)18;/h3-5,8,14,17-18H,6-7H2,1-2H3;1H. The lowest BCUT2D eigenvalue weighted by Crippen LogP contribution is -2.13. The summed E-state index contributed by atoms with van der Waals surface area (Å²) >= 11 is 0. The average Bonchev–Trinajstić information content (AvgIpc) is 2.61. The second kappa shape index (κ2) is 6.45. The molecule has 6 heteroatoms. The molecule has 1 heterocycles. The van der Waals surface area contributed by atoms with Gasteiger partial charge in [-0.3, -0.25) is 4.68 Å². The smallest absolute Gasteiger partial charge is 0.123 e. The van der Waals surface area contributed by atoms with Gasteiger partial charge in [-0.25, -0.2) is 0 Å². The zero-order valence-electron chi connectivity index (χ0n) is 10.9. The predicted molar refractivity (Wildman–Crippen MR) is 75.5 cm³/mol. The number of aromatic nitrogens is 2. The maximum absolute atomic E-state index is 9.63. The van der Waals surface area contributed by atoms with E-state index in [1.807, 2.05) is 20.2 Å². The van der Waals surface area contributed by atoms with Gasteiger partial charge < -0.3 is 15.5 Å². The van der Waals surface area contributed by atoms with Crippen molar-refractivity contribution in [3.8, 4) is 11.5 Å². The van der Waals surface area contributed by atoms with Crippen LogP contribution in [0.25, 0.3) is 0 Å². The Balaban J connectivity index is 0.00000180. The number of aromatic hydroxyl groups is 2. The fourth-order valence-electron chi connectivity index (χ4n) is 1.86. The van der Waals surface area contributed by atoms with E-state index in [9.17, 15) is 10.2 Å². The summed E-state index contributed by atoms with van der Waals surface area (Å²) in [6.07, 6.45) is 1.97. The second-order valence-electron chi connectivity index (χ2n) is 4.33. The van der Waals surface area contributed by atoms with Gasteiger partial charge in [0, 0.05) is 43.5 Å². The highest BCUT2D eigenvalue weighted by Gasteiger charge is 2.04. The van der Waals surface area contributed by atoms with Crippen LogP contribution in [0.3, 0.4) is 0 Å². The fourth-order valence-corrected chi connectivity index (χ4v) is 1.86. The molecule has 5 nitrogen and oxygen atoms in total. The molecule has 0 aliphatic rings. The van der Waals surface area contributed by atoms with E-state index >= 15 is 0 Å². The number of benzene rings is 1. The van der Waals surface area contributed by atoms with Gasteiger partial charge in [-0.15, -0.1) is 12.4 Å². The van der Waals surface area contributed by atoms with Crippen molar-refractivity contribution in [2.45, 2.75) is 20.0 Å². The second-order valence-corrected chi connectivity index (χ2v) is 4.33. The minimum atomic E-state index is 0. The summed E-state index contributed by atoms with van der Waals surface area (Å²) in [7, 11) is 1.89. The van der Waals surface area contributed by atoms with Gasteiger partial charge >= 0.3 is 0 Å². The Kier molecular flexibility index (Phi) is 5.20. The summed E-state index contributed by atoms with van der Waals surface area (Å²) in [5, 5.41) is 26.3. The Hall–Kier alpha value is -1.72. The van der Waals surface area contributed by atoms with Crippen LogP contribution in [-0.2, 0) is 20.1 Å². The van der Waals surface area contributed by atoms with Crippen LogP contribution in [0.1, 0.15) is 16.8 Å². The molecule has 1 aromatic heterocycles. The molecule has 0 amide bonds. The number of hydrogen-bond donors (Lipinski definition) is 3. The quantitative estimate of drug-likeness (QED) is 0.801. The number of nitrogens with one attached hydrogen (secondary N) is 1. The summed E-state index contributed by atoms with van der Waals surface area (Å²) in [6.45, 7) is 3.20. The highest BCUT2D eigenvalue weighted by atomic mass is 35.5. The van der Waals surface area contributed by atoms with Crippen LogP contribution in [0.5, 0.6) is 11.5 Å². The number of hydrogen-bond acceptors (Lipinski definition) is 4. The third-order valence-corrected chi connectivity index (χ3v) is 2.81. The molecule has 0 saturated carbocycles. The molecule has 0 unspecified atom stereocenters. The van der Waals surface area contributed by atoms with E-state index < -0.39 is 0 Å². The van der Waals surface area contributed by atoms with Crippen molar-refractivity contribution >= 4 is 12.4 Å². The molecule has 2 aromatic rings. The van der Waals surface area contributed by atoms with Crippen molar-refractivity contribution < 1.29 is 10.2 Å². The summed E-state index contributed by atoms with van der Waals surface area (Å²) in [4.78, 5) is 0. The van der Waals surface area contributed by atoms with Crippen LogP contribution in [0, 0.1) is 6.92 Å². The molecule has 104 valence electrons. The lowest BCUT2D eigenvalue weighted by Gasteiger charge is -2.06. The van der Waals surface area contributed by atoms with Crippen molar-refractivity contribution in [2.75, 3.05) is 0 Å². The van der Waals surface area contributed by atoms with E-state index in [1.54, 1.807) is 16.8 Å². The van der Waals surface area contributed by atoms with Gasteiger partial charge in [-0.05, 0) is 13.0 Å². The molecule has 3 N–H and O–H groups in total. The van der Waals surface area contributed by atoms with Gasteiger partial charge in [0.2, 0.25) is 0 Å². The normalized spacial score (nSPS) is 10.2. The lowest BCUT2D eigenvalue weighted by molar-refractivity contribution is 0.443. The Bertz CT molecular complexity index is 555. The average molecular weight is 284 g/mol. The van der Waals surface area contributed by atoms with Crippen LogP contribution in [-0.4, -0.2) is 20.0 Å². The molecule has 0 fully saturated rings. The topological polar surface area (TPSA) is 70.3 Å². The predicted octanol–water partition coefficient (Wildman–Crippen LogP) is 1.85. The van der Waals surface area contributed by atoms with Crippen LogP contribution in [0.2, 0.25) is 0 Å². The highest BCUT2D eigenvalue weighted by Crippen LogP contribution is 2.22. The zero-order valence-corrected chi connectivity index (χ0v) is 11.7. The summed E-state index contributed by atoms with van der Waals surface area (Å²) in [6, 6.07) is 4.60.